The van der Waals surface area contributed by atoms with Crippen LogP contribution in [0.1, 0.15) is 0 Å². The van der Waals surface area contributed by atoms with E-state index in [1.807, 2.05) is 6.08 Å². The first-order valence-corrected chi connectivity index (χ1v) is 5.57. The molecule has 0 saturated carbocycles. The molecule has 0 atom stereocenters. The van der Waals surface area contributed by atoms with E-state index in [2.05, 4.69) is 30.6 Å². The Bertz CT molecular complexity index is 234. The molecule has 0 aromatic carbocycles. The first-order valence-electron chi connectivity index (χ1n) is 4.83. The molecule has 3 rings (SSSR count). The Morgan fingerprint density at radius 2 is 2.06 bits per heavy atom. The fourth-order valence-corrected chi connectivity index (χ4v) is 1.09. The van der Waals surface area contributed by atoms with Crippen molar-refractivity contribution in [3.63, 3.8) is 0 Å². The molecular formula is C9H14N4O3S. The van der Waals surface area contributed by atoms with Crippen molar-refractivity contribution in [1.82, 2.24) is 15.8 Å². The van der Waals surface area contributed by atoms with Gasteiger partial charge in [-0.15, -0.1) is 5.59 Å². The molecular weight excluding hydrogens is 244 g/mol. The van der Waals surface area contributed by atoms with Crippen molar-refractivity contribution in [3.05, 3.63) is 37.0 Å². The average molecular weight is 258 g/mol. The first kappa shape index (κ1) is 13.4. The number of hydroxylamine groups is 1. The maximum Gasteiger partial charge on any atom is 0.122 e. The van der Waals surface area contributed by atoms with Crippen molar-refractivity contribution in [1.29, 1.82) is 0 Å². The highest BCUT2D eigenvalue weighted by Gasteiger charge is 1.94. The van der Waals surface area contributed by atoms with Crippen LogP contribution in [-0.4, -0.2) is 19.4 Å². The van der Waals surface area contributed by atoms with Gasteiger partial charge in [0.2, 0.25) is 0 Å². The predicted octanol–water partition coefficient (Wildman–Crippen LogP) is 0.739. The minimum absolute atomic E-state index is 0.852. The number of hydrogen-bond acceptors (Lipinski definition) is 8. The Hall–Kier alpha value is -1.64. The Kier molecular flexibility index (Phi) is 8.58. The molecule has 8 heteroatoms. The Balaban J connectivity index is 0.000000128. The Morgan fingerprint density at radius 3 is 2.24 bits per heavy atom. The predicted molar refractivity (Wildman–Crippen MR) is 65.9 cm³/mol. The topological polar surface area (TPSA) is 76.1 Å². The summed E-state index contributed by atoms with van der Waals surface area (Å²) in [4.78, 5) is 8.99. The van der Waals surface area contributed by atoms with Gasteiger partial charge in [0.15, 0.2) is 0 Å². The lowest BCUT2D eigenvalue weighted by Gasteiger charge is -1.97. The molecule has 3 aliphatic rings. The largest absolute Gasteiger partial charge is 0.391 e. The maximum absolute atomic E-state index is 4.75. The van der Waals surface area contributed by atoms with Crippen LogP contribution in [0.15, 0.2) is 42.1 Å². The van der Waals surface area contributed by atoms with Crippen molar-refractivity contribution in [3.8, 4) is 0 Å². The summed E-state index contributed by atoms with van der Waals surface area (Å²) in [6, 6.07) is 0. The number of allylic oxidation sites excluding steroid dienone is 3. The van der Waals surface area contributed by atoms with Crippen LogP contribution in [0.5, 0.6) is 0 Å². The normalized spacial score (nSPS) is 18.4. The molecule has 0 aliphatic carbocycles. The molecule has 7 nitrogen and oxygen atoms in total. The molecule has 3 heterocycles. The lowest BCUT2D eigenvalue weighted by Crippen LogP contribution is -2.03. The van der Waals surface area contributed by atoms with Crippen LogP contribution in [0.4, 0.5) is 0 Å². The van der Waals surface area contributed by atoms with E-state index in [9.17, 15) is 0 Å². The van der Waals surface area contributed by atoms with E-state index < -0.39 is 0 Å². The molecule has 0 aromatic rings. The van der Waals surface area contributed by atoms with Crippen molar-refractivity contribution >= 4 is 18.4 Å². The van der Waals surface area contributed by atoms with E-state index in [4.69, 9.17) is 4.18 Å². The third-order valence-electron chi connectivity index (χ3n) is 1.31. The minimum atomic E-state index is 0.852. The summed E-state index contributed by atoms with van der Waals surface area (Å²) in [7, 11) is 0. The van der Waals surface area contributed by atoms with Crippen LogP contribution in [-0.2, 0) is 13.9 Å². The molecule has 0 spiro atoms. The van der Waals surface area contributed by atoms with Gasteiger partial charge in [0, 0.05) is 12.7 Å². The molecule has 1 fully saturated rings. The molecule has 1 saturated heterocycles. The van der Waals surface area contributed by atoms with E-state index in [0.717, 1.165) is 13.2 Å². The lowest BCUT2D eigenvalue weighted by molar-refractivity contribution is 0.136. The number of hydrogen-bond donors (Lipinski definition) is 3. The highest BCUT2D eigenvalue weighted by molar-refractivity contribution is 7.92. The first-order chi connectivity index (χ1) is 8.50. The quantitative estimate of drug-likeness (QED) is 0.437. The monoisotopic (exact) mass is 258 g/mol. The smallest absolute Gasteiger partial charge is 0.122 e. The van der Waals surface area contributed by atoms with Crippen LogP contribution in [0.25, 0.3) is 0 Å². The van der Waals surface area contributed by atoms with Crippen LogP contribution in [0, 0.1) is 0 Å². The third kappa shape index (κ3) is 9.30. The highest BCUT2D eigenvalue weighted by Crippen LogP contribution is 1.99. The van der Waals surface area contributed by atoms with Crippen LogP contribution in [0.3, 0.4) is 0 Å². The molecule has 0 bridgehead atoms. The molecule has 0 radical (unpaired) electrons. The SMILES string of the molecule is C1=CNOC=C1.C1=CONN=C1.C1COSN1. The highest BCUT2D eigenvalue weighted by atomic mass is 32.2. The van der Waals surface area contributed by atoms with Gasteiger partial charge in [-0.1, -0.05) is 0 Å². The van der Waals surface area contributed by atoms with E-state index >= 15 is 0 Å². The third-order valence-corrected chi connectivity index (χ3v) is 1.91. The van der Waals surface area contributed by atoms with Crippen LogP contribution in [0.2, 0.25) is 0 Å². The lowest BCUT2D eigenvalue weighted by atomic mass is 10.6. The van der Waals surface area contributed by atoms with E-state index in [1.54, 1.807) is 30.8 Å². The maximum atomic E-state index is 4.75. The van der Waals surface area contributed by atoms with Gasteiger partial charge in [-0.25, -0.2) is 10.2 Å². The molecule has 0 amide bonds. The zero-order valence-electron chi connectivity index (χ0n) is 9.04. The number of nitrogens with one attached hydrogen (secondary N) is 3. The second-order valence-corrected chi connectivity index (χ2v) is 3.23. The van der Waals surface area contributed by atoms with E-state index in [1.165, 1.54) is 18.5 Å². The van der Waals surface area contributed by atoms with Crippen molar-refractivity contribution in [2.24, 2.45) is 5.10 Å². The van der Waals surface area contributed by atoms with E-state index in [-0.39, 0.29) is 0 Å². The van der Waals surface area contributed by atoms with Crippen molar-refractivity contribution in [2.45, 2.75) is 0 Å². The Morgan fingerprint density at radius 1 is 1.12 bits per heavy atom. The molecule has 3 N–H and O–H groups in total. The summed E-state index contributed by atoms with van der Waals surface area (Å²) in [5.41, 5.74) is 4.78. The van der Waals surface area contributed by atoms with Gasteiger partial charge >= 0.3 is 0 Å². The number of nitrogens with zero attached hydrogens (tertiary/aromatic N) is 1. The van der Waals surface area contributed by atoms with Gasteiger partial charge in [-0.3, -0.25) is 4.18 Å². The summed E-state index contributed by atoms with van der Waals surface area (Å²) >= 11 is 1.32. The van der Waals surface area contributed by atoms with Gasteiger partial charge in [0.1, 0.15) is 12.5 Å². The average Bonchev–Trinajstić information content (AvgIpc) is 3.03. The van der Waals surface area contributed by atoms with Crippen molar-refractivity contribution in [2.75, 3.05) is 13.2 Å². The molecule has 0 aromatic heterocycles. The van der Waals surface area contributed by atoms with Gasteiger partial charge in [-0.2, -0.15) is 5.10 Å². The van der Waals surface area contributed by atoms with Gasteiger partial charge in [0.25, 0.3) is 0 Å². The van der Waals surface area contributed by atoms with Crippen LogP contribution >= 0.6 is 12.2 Å². The minimum Gasteiger partial charge on any atom is -0.391 e. The fraction of sp³-hybridized carbons (Fsp3) is 0.222. The van der Waals surface area contributed by atoms with Gasteiger partial charge < -0.3 is 9.68 Å². The Labute approximate surface area is 104 Å². The second kappa shape index (κ2) is 10.9. The molecule has 0 unspecified atom stereocenters. The number of rotatable bonds is 0. The summed E-state index contributed by atoms with van der Waals surface area (Å²) in [6.07, 6.45) is 11.7. The zero-order chi connectivity index (χ0) is 12.0. The fourth-order valence-electron chi connectivity index (χ4n) is 0.675. The van der Waals surface area contributed by atoms with E-state index in [0.29, 0.717) is 0 Å². The molecule has 17 heavy (non-hydrogen) atoms. The standard InChI is InChI=1S/C4H5NO.C3H4N2O.C2H5NOS/c1-2-4-6-5-3-1;1-2-4-5-6-3-1;1-2-4-5-3-1/h1-5H;1-3,5H;3H,1-2H2. The summed E-state index contributed by atoms with van der Waals surface area (Å²) in [5, 5.41) is 3.49. The molecule has 3 aliphatic heterocycles. The zero-order valence-corrected chi connectivity index (χ0v) is 9.85. The summed E-state index contributed by atoms with van der Waals surface area (Å²) < 4.78 is 7.67. The number of hydrazone groups is 1. The van der Waals surface area contributed by atoms with Gasteiger partial charge in [-0.05, 0) is 18.2 Å². The van der Waals surface area contributed by atoms with Gasteiger partial charge in [0.05, 0.1) is 25.1 Å². The second-order valence-electron chi connectivity index (χ2n) is 2.54. The molecule has 94 valence electrons. The summed E-state index contributed by atoms with van der Waals surface area (Å²) in [5.74, 6) is 0. The van der Waals surface area contributed by atoms with Crippen molar-refractivity contribution < 1.29 is 13.9 Å². The summed E-state index contributed by atoms with van der Waals surface area (Å²) in [6.45, 7) is 1.84. The van der Waals surface area contributed by atoms with Crippen LogP contribution < -0.4 is 15.8 Å².